The number of ether oxygens (including phenoxy) is 1. The molecule has 0 aliphatic rings. The van der Waals surface area contributed by atoms with Gasteiger partial charge in [-0.2, -0.15) is 0 Å². The quantitative estimate of drug-likeness (QED) is 0.670. The number of hydrogen-bond acceptors (Lipinski definition) is 4. The van der Waals surface area contributed by atoms with E-state index >= 15 is 0 Å². The monoisotopic (exact) mass is 373 g/mol. The summed E-state index contributed by atoms with van der Waals surface area (Å²) in [6.07, 6.45) is 0. The molecule has 0 aliphatic heterocycles. The van der Waals surface area contributed by atoms with Crippen molar-refractivity contribution >= 4 is 45.8 Å². The van der Waals surface area contributed by atoms with E-state index in [0.29, 0.717) is 0 Å². The van der Waals surface area contributed by atoms with Crippen LogP contribution in [0.2, 0.25) is 18.1 Å². The van der Waals surface area contributed by atoms with Crippen molar-refractivity contribution in [1.29, 1.82) is 0 Å². The third kappa shape index (κ3) is 3.02. The van der Waals surface area contributed by atoms with Crippen molar-refractivity contribution in [2.75, 3.05) is 7.11 Å². The van der Waals surface area contributed by atoms with Crippen LogP contribution in [0.25, 0.3) is 10.2 Å². The third-order valence-corrected chi connectivity index (χ3v) is 9.63. The fourth-order valence-electron chi connectivity index (χ4n) is 1.58. The average molecular weight is 374 g/mol. The first-order valence-electron chi connectivity index (χ1n) is 6.47. The number of hydrogen-bond donors (Lipinski definition) is 0. The first-order valence-corrected chi connectivity index (χ1v) is 11.0. The van der Waals surface area contributed by atoms with Gasteiger partial charge in [-0.1, -0.05) is 20.8 Å². The Balaban J connectivity index is 2.47. The van der Waals surface area contributed by atoms with Crippen LogP contribution >= 0.6 is 27.3 Å². The van der Waals surface area contributed by atoms with E-state index in [0.717, 1.165) is 25.6 Å². The lowest BCUT2D eigenvalue weighted by Crippen LogP contribution is -2.43. The summed E-state index contributed by atoms with van der Waals surface area (Å²) in [5.74, 6) is 1.57. The molecule has 1 aromatic heterocycles. The van der Waals surface area contributed by atoms with Crippen LogP contribution in [0.3, 0.4) is 0 Å². The van der Waals surface area contributed by atoms with Crippen molar-refractivity contribution in [3.05, 3.63) is 16.0 Å². The standard InChI is InChI=1S/C14H20BrNO2SSi/c1-14(2,3)20(5,6)18-11-7-9-12(8-10(11)17-4)19-13(15)16-9/h7-8H,1-6H3. The van der Waals surface area contributed by atoms with E-state index in [1.807, 2.05) is 12.1 Å². The molecular weight excluding hydrogens is 354 g/mol. The SMILES string of the molecule is COc1cc2sc(Br)nc2cc1O[Si](C)(C)C(C)(C)C. The number of benzene rings is 1. The molecular formula is C14H20BrNO2SSi. The number of fused-ring (bicyclic) bond motifs is 1. The fourth-order valence-corrected chi connectivity index (χ4v) is 4.01. The molecule has 20 heavy (non-hydrogen) atoms. The molecule has 6 heteroatoms. The van der Waals surface area contributed by atoms with Crippen molar-refractivity contribution in [2.24, 2.45) is 0 Å². The highest BCUT2D eigenvalue weighted by atomic mass is 79.9. The Labute approximate surface area is 133 Å². The zero-order valence-electron chi connectivity index (χ0n) is 12.7. The number of methoxy groups -OCH3 is 1. The minimum Gasteiger partial charge on any atom is -0.541 e. The molecule has 2 rings (SSSR count). The maximum absolute atomic E-state index is 6.37. The first kappa shape index (κ1) is 15.8. The molecule has 0 unspecified atom stereocenters. The van der Waals surface area contributed by atoms with Gasteiger partial charge in [-0.15, -0.1) is 11.3 Å². The summed E-state index contributed by atoms with van der Waals surface area (Å²) in [6.45, 7) is 11.1. The predicted octanol–water partition coefficient (Wildman–Crippen LogP) is 5.45. The van der Waals surface area contributed by atoms with E-state index in [9.17, 15) is 0 Å². The second-order valence-corrected chi connectivity index (χ2v) is 13.3. The molecule has 0 saturated heterocycles. The van der Waals surface area contributed by atoms with Gasteiger partial charge in [0.1, 0.15) is 5.75 Å². The van der Waals surface area contributed by atoms with Crippen molar-refractivity contribution in [3.63, 3.8) is 0 Å². The maximum Gasteiger partial charge on any atom is 0.250 e. The Hall–Kier alpha value is -0.593. The molecule has 110 valence electrons. The molecule has 0 saturated carbocycles. The summed E-state index contributed by atoms with van der Waals surface area (Å²) in [7, 11) is -0.214. The topological polar surface area (TPSA) is 31.4 Å². The Bertz CT molecular complexity index is 634. The van der Waals surface area contributed by atoms with E-state index < -0.39 is 8.32 Å². The van der Waals surface area contributed by atoms with Crippen LogP contribution in [0.1, 0.15) is 20.8 Å². The van der Waals surface area contributed by atoms with E-state index in [1.165, 1.54) is 0 Å². The molecule has 0 spiro atoms. The summed E-state index contributed by atoms with van der Waals surface area (Å²) in [5, 5.41) is 0.148. The Kier molecular flexibility index (Phi) is 4.19. The Morgan fingerprint density at radius 2 is 1.85 bits per heavy atom. The van der Waals surface area contributed by atoms with Crippen LogP contribution in [0.4, 0.5) is 0 Å². The highest BCUT2D eigenvalue weighted by molar-refractivity contribution is 9.11. The minimum atomic E-state index is -1.89. The van der Waals surface area contributed by atoms with Crippen LogP contribution in [0, 0.1) is 0 Å². The van der Waals surface area contributed by atoms with Gasteiger partial charge in [0.25, 0.3) is 8.32 Å². The zero-order chi connectivity index (χ0) is 15.1. The summed E-state index contributed by atoms with van der Waals surface area (Å²) in [6, 6.07) is 3.98. The van der Waals surface area contributed by atoms with Gasteiger partial charge >= 0.3 is 0 Å². The summed E-state index contributed by atoms with van der Waals surface area (Å²) in [5.41, 5.74) is 0.941. The normalized spacial score (nSPS) is 12.8. The van der Waals surface area contributed by atoms with Gasteiger partial charge in [0.15, 0.2) is 9.67 Å². The smallest absolute Gasteiger partial charge is 0.250 e. The molecule has 0 aliphatic carbocycles. The van der Waals surface area contributed by atoms with Gasteiger partial charge in [-0.25, -0.2) is 4.98 Å². The molecule has 0 radical (unpaired) electrons. The van der Waals surface area contributed by atoms with E-state index in [4.69, 9.17) is 9.16 Å². The number of thiazole rings is 1. The van der Waals surface area contributed by atoms with Crippen LogP contribution < -0.4 is 9.16 Å². The number of halogens is 1. The lowest BCUT2D eigenvalue weighted by Gasteiger charge is -2.36. The highest BCUT2D eigenvalue weighted by Gasteiger charge is 2.39. The predicted molar refractivity (Wildman–Crippen MR) is 91.7 cm³/mol. The average Bonchev–Trinajstić information content (AvgIpc) is 2.65. The Morgan fingerprint density at radius 3 is 2.40 bits per heavy atom. The van der Waals surface area contributed by atoms with Crippen LogP contribution in [-0.4, -0.2) is 20.4 Å². The van der Waals surface area contributed by atoms with E-state index in [-0.39, 0.29) is 5.04 Å². The second kappa shape index (κ2) is 5.31. The number of aromatic nitrogens is 1. The summed E-state index contributed by atoms with van der Waals surface area (Å²) >= 11 is 5.02. The van der Waals surface area contributed by atoms with Gasteiger partial charge in [0, 0.05) is 12.1 Å². The minimum absolute atomic E-state index is 0.148. The molecule has 0 bridgehead atoms. The lowest BCUT2D eigenvalue weighted by atomic mass is 10.2. The van der Waals surface area contributed by atoms with Crippen molar-refractivity contribution in [1.82, 2.24) is 4.98 Å². The number of nitrogens with zero attached hydrogens (tertiary/aromatic N) is 1. The maximum atomic E-state index is 6.37. The fraction of sp³-hybridized carbons (Fsp3) is 0.500. The van der Waals surface area contributed by atoms with Gasteiger partial charge in [-0.3, -0.25) is 0 Å². The molecule has 0 N–H and O–H groups in total. The van der Waals surface area contributed by atoms with Crippen molar-refractivity contribution in [3.8, 4) is 11.5 Å². The van der Waals surface area contributed by atoms with E-state index in [1.54, 1.807) is 18.4 Å². The van der Waals surface area contributed by atoms with Crippen molar-refractivity contribution < 1.29 is 9.16 Å². The van der Waals surface area contributed by atoms with Crippen molar-refractivity contribution in [2.45, 2.75) is 38.9 Å². The third-order valence-electron chi connectivity index (χ3n) is 3.82. The summed E-state index contributed by atoms with van der Waals surface area (Å²) < 4.78 is 13.8. The first-order chi connectivity index (χ1) is 9.14. The van der Waals surface area contributed by atoms with Crippen LogP contribution in [0.15, 0.2) is 16.0 Å². The molecule has 1 aromatic carbocycles. The molecule has 0 amide bonds. The highest BCUT2D eigenvalue weighted by Crippen LogP contribution is 2.42. The molecule has 3 nitrogen and oxygen atoms in total. The largest absolute Gasteiger partial charge is 0.541 e. The van der Waals surface area contributed by atoms with Gasteiger partial charge in [0.05, 0.1) is 17.3 Å². The van der Waals surface area contributed by atoms with Crippen LogP contribution in [-0.2, 0) is 0 Å². The van der Waals surface area contributed by atoms with Gasteiger partial charge in [0.2, 0.25) is 0 Å². The summed E-state index contributed by atoms with van der Waals surface area (Å²) in [4.78, 5) is 4.46. The van der Waals surface area contributed by atoms with Crippen LogP contribution in [0.5, 0.6) is 11.5 Å². The van der Waals surface area contributed by atoms with Gasteiger partial charge in [-0.05, 0) is 34.1 Å². The molecule has 1 heterocycles. The molecule has 0 atom stereocenters. The van der Waals surface area contributed by atoms with E-state index in [2.05, 4.69) is 54.8 Å². The zero-order valence-corrected chi connectivity index (χ0v) is 16.1. The lowest BCUT2D eigenvalue weighted by molar-refractivity contribution is 0.387. The second-order valence-electron chi connectivity index (χ2n) is 6.30. The Morgan fingerprint density at radius 1 is 1.20 bits per heavy atom. The molecule has 0 fully saturated rings. The van der Waals surface area contributed by atoms with Gasteiger partial charge < -0.3 is 9.16 Å². The number of rotatable bonds is 3. The molecule has 2 aromatic rings.